The van der Waals surface area contributed by atoms with Gasteiger partial charge in [0.25, 0.3) is 11.7 Å². The van der Waals surface area contributed by atoms with Crippen molar-refractivity contribution in [3.8, 4) is 5.75 Å². The summed E-state index contributed by atoms with van der Waals surface area (Å²) < 4.78 is 5.42. The quantitative estimate of drug-likeness (QED) is 0.276. The molecule has 1 amide bonds. The van der Waals surface area contributed by atoms with Crippen molar-refractivity contribution in [2.24, 2.45) is 0 Å². The van der Waals surface area contributed by atoms with E-state index in [1.165, 1.54) is 12.7 Å². The number of benzene rings is 2. The van der Waals surface area contributed by atoms with E-state index in [1.54, 1.807) is 17.0 Å². The van der Waals surface area contributed by atoms with Crippen molar-refractivity contribution in [1.82, 2.24) is 4.90 Å². The Morgan fingerprint density at radius 3 is 2.39 bits per heavy atom. The molecular formula is C26H31NO4. The van der Waals surface area contributed by atoms with Crippen LogP contribution in [0.3, 0.4) is 0 Å². The summed E-state index contributed by atoms with van der Waals surface area (Å²) in [5.41, 5.74) is 3.45. The molecule has 2 aromatic rings. The van der Waals surface area contributed by atoms with E-state index < -0.39 is 17.7 Å². The van der Waals surface area contributed by atoms with Crippen LogP contribution in [0.1, 0.15) is 61.4 Å². The minimum atomic E-state index is -0.651. The zero-order valence-electron chi connectivity index (χ0n) is 18.8. The molecule has 5 heteroatoms. The van der Waals surface area contributed by atoms with Gasteiger partial charge in [-0.25, -0.2) is 0 Å². The SMILES string of the molecule is CCCCCN1C(=O)C(=O)/C(=C(/O)c2cc(C)ccc2OC)C1c1ccc(CC)cc1. The zero-order chi connectivity index (χ0) is 22.5. The number of likely N-dealkylation sites (tertiary alicyclic amines) is 1. The van der Waals surface area contributed by atoms with E-state index >= 15 is 0 Å². The number of nitrogens with zero attached hydrogens (tertiary/aromatic N) is 1. The van der Waals surface area contributed by atoms with Crippen LogP contribution in [0.25, 0.3) is 5.76 Å². The van der Waals surface area contributed by atoms with Crippen LogP contribution in [0.4, 0.5) is 0 Å². The molecule has 3 rings (SSSR count). The number of methoxy groups -OCH3 is 1. The molecule has 1 unspecified atom stereocenters. The Balaban J connectivity index is 2.17. The zero-order valence-corrected chi connectivity index (χ0v) is 18.8. The maximum Gasteiger partial charge on any atom is 0.295 e. The van der Waals surface area contributed by atoms with Crippen LogP contribution in [-0.4, -0.2) is 35.4 Å². The Kier molecular flexibility index (Phi) is 7.16. The van der Waals surface area contributed by atoms with E-state index in [-0.39, 0.29) is 11.3 Å². The smallest absolute Gasteiger partial charge is 0.295 e. The Bertz CT molecular complexity index is 991. The molecule has 0 aliphatic carbocycles. The maximum absolute atomic E-state index is 13.1. The number of rotatable bonds is 8. The van der Waals surface area contributed by atoms with E-state index in [4.69, 9.17) is 4.74 Å². The fourth-order valence-corrected chi connectivity index (χ4v) is 4.08. The molecule has 5 nitrogen and oxygen atoms in total. The molecule has 1 aliphatic rings. The summed E-state index contributed by atoms with van der Waals surface area (Å²) in [4.78, 5) is 27.7. The third kappa shape index (κ3) is 4.50. The van der Waals surface area contributed by atoms with E-state index in [0.29, 0.717) is 17.9 Å². The van der Waals surface area contributed by atoms with Crippen LogP contribution >= 0.6 is 0 Å². The average Bonchev–Trinajstić information content (AvgIpc) is 3.03. The second kappa shape index (κ2) is 9.82. The van der Waals surface area contributed by atoms with Crippen molar-refractivity contribution >= 4 is 17.4 Å². The van der Waals surface area contributed by atoms with Crippen LogP contribution in [-0.2, 0) is 16.0 Å². The molecule has 1 N–H and O–H groups in total. The second-order valence-electron chi connectivity index (χ2n) is 8.00. The number of carbonyl (C=O) groups excluding carboxylic acids is 2. The first-order valence-electron chi connectivity index (χ1n) is 10.9. The number of Topliss-reactive ketones (excluding diaryl/α,β-unsaturated/α-hetero) is 1. The summed E-state index contributed by atoms with van der Waals surface area (Å²) >= 11 is 0. The highest BCUT2D eigenvalue weighted by Gasteiger charge is 2.46. The summed E-state index contributed by atoms with van der Waals surface area (Å²) in [5.74, 6) is -0.946. The van der Waals surface area contributed by atoms with Gasteiger partial charge in [-0.3, -0.25) is 9.59 Å². The highest BCUT2D eigenvalue weighted by atomic mass is 16.5. The highest BCUT2D eigenvalue weighted by Crippen LogP contribution is 2.41. The molecule has 0 spiro atoms. The van der Waals surface area contributed by atoms with E-state index in [9.17, 15) is 14.7 Å². The molecule has 1 saturated heterocycles. The van der Waals surface area contributed by atoms with Crippen molar-refractivity contribution < 1.29 is 19.4 Å². The monoisotopic (exact) mass is 421 g/mol. The molecule has 1 aliphatic heterocycles. The number of carbonyl (C=O) groups is 2. The fourth-order valence-electron chi connectivity index (χ4n) is 4.08. The first-order valence-corrected chi connectivity index (χ1v) is 10.9. The summed E-state index contributed by atoms with van der Waals surface area (Å²) in [5, 5.41) is 11.3. The lowest BCUT2D eigenvalue weighted by molar-refractivity contribution is -0.139. The van der Waals surface area contributed by atoms with E-state index in [2.05, 4.69) is 13.8 Å². The molecule has 1 atom stereocenters. The van der Waals surface area contributed by atoms with Crippen molar-refractivity contribution in [1.29, 1.82) is 0 Å². The number of hydrogen-bond donors (Lipinski definition) is 1. The number of amides is 1. The first-order chi connectivity index (χ1) is 14.9. The van der Waals surface area contributed by atoms with E-state index in [1.807, 2.05) is 37.3 Å². The molecule has 0 saturated carbocycles. The van der Waals surface area contributed by atoms with E-state index in [0.717, 1.165) is 36.8 Å². The van der Waals surface area contributed by atoms with Crippen molar-refractivity contribution in [3.63, 3.8) is 0 Å². The number of aliphatic hydroxyl groups is 1. The summed E-state index contributed by atoms with van der Waals surface area (Å²) in [6, 6.07) is 12.7. The number of hydrogen-bond acceptors (Lipinski definition) is 4. The number of aryl methyl sites for hydroxylation is 2. The van der Waals surface area contributed by atoms with Gasteiger partial charge < -0.3 is 14.7 Å². The normalized spacial score (nSPS) is 17.9. The molecule has 0 radical (unpaired) electrons. The second-order valence-corrected chi connectivity index (χ2v) is 8.00. The first kappa shape index (κ1) is 22.6. The van der Waals surface area contributed by atoms with Crippen molar-refractivity contribution in [2.45, 2.75) is 52.5 Å². The van der Waals surface area contributed by atoms with Gasteiger partial charge in [0.2, 0.25) is 0 Å². The topological polar surface area (TPSA) is 66.8 Å². The van der Waals surface area contributed by atoms with Crippen molar-refractivity contribution in [3.05, 3.63) is 70.3 Å². The van der Waals surface area contributed by atoms with Crippen LogP contribution in [0.5, 0.6) is 5.75 Å². The minimum absolute atomic E-state index is 0.120. The van der Waals surface area contributed by atoms with Crippen LogP contribution in [0, 0.1) is 6.92 Å². The largest absolute Gasteiger partial charge is 0.507 e. The van der Waals surface area contributed by atoms with Crippen LogP contribution < -0.4 is 4.74 Å². The molecule has 2 aromatic carbocycles. The number of unbranched alkanes of at least 4 members (excludes halogenated alkanes) is 2. The molecule has 31 heavy (non-hydrogen) atoms. The number of ether oxygens (including phenoxy) is 1. The van der Waals surface area contributed by atoms with Gasteiger partial charge in [0.05, 0.1) is 24.3 Å². The third-order valence-corrected chi connectivity index (χ3v) is 5.86. The molecular weight excluding hydrogens is 390 g/mol. The number of aliphatic hydroxyl groups excluding tert-OH is 1. The van der Waals surface area contributed by atoms with Gasteiger partial charge in [0.15, 0.2) is 0 Å². The van der Waals surface area contributed by atoms with Gasteiger partial charge in [-0.2, -0.15) is 0 Å². The van der Waals surface area contributed by atoms with Gasteiger partial charge >= 0.3 is 0 Å². The lowest BCUT2D eigenvalue weighted by atomic mass is 9.93. The van der Waals surface area contributed by atoms with Crippen molar-refractivity contribution in [2.75, 3.05) is 13.7 Å². The van der Waals surface area contributed by atoms with Gasteiger partial charge in [0.1, 0.15) is 11.5 Å². The highest BCUT2D eigenvalue weighted by molar-refractivity contribution is 6.46. The summed E-state index contributed by atoms with van der Waals surface area (Å²) in [6.45, 7) is 6.55. The Labute approximate surface area is 184 Å². The fraction of sp³-hybridized carbons (Fsp3) is 0.385. The van der Waals surface area contributed by atoms with Crippen LogP contribution in [0.2, 0.25) is 0 Å². The molecule has 164 valence electrons. The number of ketones is 1. The maximum atomic E-state index is 13.1. The average molecular weight is 422 g/mol. The molecule has 1 heterocycles. The Hall–Kier alpha value is -3.08. The molecule has 0 bridgehead atoms. The Morgan fingerprint density at radius 1 is 1.06 bits per heavy atom. The third-order valence-electron chi connectivity index (χ3n) is 5.86. The summed E-state index contributed by atoms with van der Waals surface area (Å²) in [6.07, 6.45) is 3.69. The minimum Gasteiger partial charge on any atom is -0.507 e. The predicted molar refractivity (Wildman–Crippen MR) is 122 cm³/mol. The van der Waals surface area contributed by atoms with Crippen LogP contribution in [0.15, 0.2) is 48.0 Å². The standard InChI is InChI=1S/C26H31NO4/c1-5-7-8-15-27-23(19-12-10-18(6-2)11-13-19)22(25(29)26(27)30)24(28)20-16-17(3)9-14-21(20)31-4/h9-14,16,23,28H,5-8,15H2,1-4H3/b24-22+. The summed E-state index contributed by atoms with van der Waals surface area (Å²) in [7, 11) is 1.52. The van der Waals surface area contributed by atoms with Gasteiger partial charge in [-0.1, -0.05) is 62.6 Å². The molecule has 1 fully saturated rings. The lowest BCUT2D eigenvalue weighted by Gasteiger charge is -2.25. The Morgan fingerprint density at radius 2 is 1.77 bits per heavy atom. The molecule has 0 aromatic heterocycles. The van der Waals surface area contributed by atoms with Gasteiger partial charge in [-0.15, -0.1) is 0 Å². The van der Waals surface area contributed by atoms with Gasteiger partial charge in [0, 0.05) is 6.54 Å². The lowest BCUT2D eigenvalue weighted by Crippen LogP contribution is -2.30. The van der Waals surface area contributed by atoms with Gasteiger partial charge in [-0.05, 0) is 43.0 Å². The predicted octanol–water partition coefficient (Wildman–Crippen LogP) is 5.18.